The Morgan fingerprint density at radius 3 is 2.58 bits per heavy atom. The lowest BCUT2D eigenvalue weighted by molar-refractivity contribution is 0.426. The van der Waals surface area contributed by atoms with Crippen LogP contribution in [-0.2, 0) is 6.54 Å². The number of rotatable bonds is 5. The molecule has 1 N–H and O–H groups in total. The van der Waals surface area contributed by atoms with Crippen molar-refractivity contribution in [2.45, 2.75) is 33.4 Å². The molecular formula is C16H22N2O. The summed E-state index contributed by atoms with van der Waals surface area (Å²) in [6.07, 6.45) is 0. The van der Waals surface area contributed by atoms with Crippen molar-refractivity contribution in [2.24, 2.45) is 5.92 Å². The van der Waals surface area contributed by atoms with Crippen molar-refractivity contribution in [3.63, 3.8) is 0 Å². The van der Waals surface area contributed by atoms with E-state index >= 15 is 0 Å². The highest BCUT2D eigenvalue weighted by atomic mass is 16.1. The molecule has 1 aromatic carbocycles. The minimum atomic E-state index is 0.0788. The van der Waals surface area contributed by atoms with Crippen LogP contribution in [0.1, 0.15) is 20.8 Å². The summed E-state index contributed by atoms with van der Waals surface area (Å²) < 4.78 is 1.88. The molecule has 0 saturated heterocycles. The summed E-state index contributed by atoms with van der Waals surface area (Å²) in [5, 5.41) is 4.53. The van der Waals surface area contributed by atoms with Crippen LogP contribution < -0.4 is 10.9 Å². The molecule has 0 radical (unpaired) electrons. The lowest BCUT2D eigenvalue weighted by Gasteiger charge is -2.17. The number of pyridine rings is 1. The molecule has 1 atom stereocenters. The Labute approximate surface area is 114 Å². The van der Waals surface area contributed by atoms with Crippen molar-refractivity contribution in [3.8, 4) is 0 Å². The molecule has 0 aliphatic heterocycles. The van der Waals surface area contributed by atoms with Gasteiger partial charge in [0, 0.05) is 18.7 Å². The van der Waals surface area contributed by atoms with E-state index in [1.165, 1.54) is 0 Å². The molecule has 1 unspecified atom stereocenters. The summed E-state index contributed by atoms with van der Waals surface area (Å²) >= 11 is 0. The topological polar surface area (TPSA) is 34.0 Å². The van der Waals surface area contributed by atoms with Crippen molar-refractivity contribution >= 4 is 10.9 Å². The van der Waals surface area contributed by atoms with Gasteiger partial charge < -0.3 is 9.88 Å². The minimum Gasteiger partial charge on any atom is -0.314 e. The lowest BCUT2D eigenvalue weighted by atomic mass is 10.1. The number of hydrogen-bond acceptors (Lipinski definition) is 2. The van der Waals surface area contributed by atoms with Crippen LogP contribution in [-0.4, -0.2) is 17.2 Å². The van der Waals surface area contributed by atoms with E-state index in [9.17, 15) is 4.79 Å². The summed E-state index contributed by atoms with van der Waals surface area (Å²) in [6.45, 7) is 8.12. The summed E-state index contributed by atoms with van der Waals surface area (Å²) in [5.41, 5.74) is 1.10. The molecule has 0 aliphatic carbocycles. The highest BCUT2D eigenvalue weighted by Gasteiger charge is 2.08. The molecule has 0 aliphatic rings. The molecule has 1 heterocycles. The maximum Gasteiger partial charge on any atom is 0.251 e. The molecule has 0 saturated carbocycles. The van der Waals surface area contributed by atoms with Gasteiger partial charge in [-0.2, -0.15) is 0 Å². The molecule has 0 fully saturated rings. The fourth-order valence-corrected chi connectivity index (χ4v) is 2.25. The third-order valence-corrected chi connectivity index (χ3v) is 3.27. The second-order valence-corrected chi connectivity index (χ2v) is 5.51. The van der Waals surface area contributed by atoms with Crippen molar-refractivity contribution in [2.75, 3.05) is 6.54 Å². The number of para-hydroxylation sites is 1. The smallest absolute Gasteiger partial charge is 0.251 e. The zero-order valence-corrected chi connectivity index (χ0v) is 11.9. The van der Waals surface area contributed by atoms with Gasteiger partial charge in [0.05, 0.1) is 5.52 Å². The summed E-state index contributed by atoms with van der Waals surface area (Å²) in [6, 6.07) is 12.1. The fourth-order valence-electron chi connectivity index (χ4n) is 2.25. The maximum absolute atomic E-state index is 12.0. The third-order valence-electron chi connectivity index (χ3n) is 3.27. The van der Waals surface area contributed by atoms with Crippen LogP contribution in [0.2, 0.25) is 0 Å². The Hall–Kier alpha value is -1.61. The van der Waals surface area contributed by atoms with Crippen LogP contribution in [0.4, 0.5) is 0 Å². The highest BCUT2D eigenvalue weighted by Crippen LogP contribution is 2.12. The van der Waals surface area contributed by atoms with Crippen LogP contribution in [0.15, 0.2) is 41.2 Å². The van der Waals surface area contributed by atoms with E-state index in [2.05, 4.69) is 26.1 Å². The number of hydrogen-bond donors (Lipinski definition) is 1. The van der Waals surface area contributed by atoms with E-state index in [0.717, 1.165) is 24.0 Å². The van der Waals surface area contributed by atoms with Gasteiger partial charge in [0.1, 0.15) is 0 Å². The molecule has 0 spiro atoms. The van der Waals surface area contributed by atoms with Crippen LogP contribution >= 0.6 is 0 Å². The average molecular weight is 258 g/mol. The first-order valence-corrected chi connectivity index (χ1v) is 6.90. The molecule has 102 valence electrons. The molecule has 2 aromatic rings. The summed E-state index contributed by atoms with van der Waals surface area (Å²) in [7, 11) is 0. The van der Waals surface area contributed by atoms with Gasteiger partial charge in [-0.15, -0.1) is 0 Å². The maximum atomic E-state index is 12.0. The standard InChI is InChI=1S/C16H22N2O/c1-12(2)17-10-13(3)11-18-15-7-5-4-6-14(15)8-9-16(18)19/h4-9,12-13,17H,10-11H2,1-3H3. The number of aromatic nitrogens is 1. The van der Waals surface area contributed by atoms with Crippen LogP contribution in [0, 0.1) is 5.92 Å². The Bertz CT molecular complexity index is 601. The predicted octanol–water partition coefficient (Wildman–Crippen LogP) is 2.64. The van der Waals surface area contributed by atoms with E-state index in [0.29, 0.717) is 12.0 Å². The van der Waals surface area contributed by atoms with Crippen molar-refractivity contribution in [3.05, 3.63) is 46.8 Å². The Morgan fingerprint density at radius 1 is 1.11 bits per heavy atom. The number of nitrogens with one attached hydrogen (secondary N) is 1. The van der Waals surface area contributed by atoms with Crippen LogP contribution in [0.5, 0.6) is 0 Å². The first-order valence-electron chi connectivity index (χ1n) is 6.90. The summed E-state index contributed by atoms with van der Waals surface area (Å²) in [5.74, 6) is 0.422. The van der Waals surface area contributed by atoms with Gasteiger partial charge in [-0.1, -0.05) is 39.0 Å². The normalized spacial score (nSPS) is 13.1. The van der Waals surface area contributed by atoms with E-state index in [4.69, 9.17) is 0 Å². The predicted molar refractivity (Wildman–Crippen MR) is 80.5 cm³/mol. The first kappa shape index (κ1) is 13.8. The quantitative estimate of drug-likeness (QED) is 0.894. The van der Waals surface area contributed by atoms with Crippen molar-refractivity contribution < 1.29 is 0 Å². The average Bonchev–Trinajstić information content (AvgIpc) is 2.40. The van der Waals surface area contributed by atoms with E-state index < -0.39 is 0 Å². The van der Waals surface area contributed by atoms with E-state index in [1.54, 1.807) is 6.07 Å². The van der Waals surface area contributed by atoms with Gasteiger partial charge in [-0.3, -0.25) is 4.79 Å². The molecular weight excluding hydrogens is 236 g/mol. The van der Waals surface area contributed by atoms with Crippen molar-refractivity contribution in [1.82, 2.24) is 9.88 Å². The molecule has 3 heteroatoms. The van der Waals surface area contributed by atoms with Crippen LogP contribution in [0.25, 0.3) is 10.9 Å². The second kappa shape index (κ2) is 6.02. The molecule has 1 aromatic heterocycles. The van der Waals surface area contributed by atoms with E-state index in [-0.39, 0.29) is 5.56 Å². The minimum absolute atomic E-state index is 0.0788. The van der Waals surface area contributed by atoms with Gasteiger partial charge in [-0.05, 0) is 30.0 Å². The monoisotopic (exact) mass is 258 g/mol. The van der Waals surface area contributed by atoms with Crippen LogP contribution in [0.3, 0.4) is 0 Å². The Kier molecular flexibility index (Phi) is 4.38. The van der Waals surface area contributed by atoms with Gasteiger partial charge in [-0.25, -0.2) is 0 Å². The molecule has 19 heavy (non-hydrogen) atoms. The fraction of sp³-hybridized carbons (Fsp3) is 0.438. The van der Waals surface area contributed by atoms with Gasteiger partial charge in [0.25, 0.3) is 5.56 Å². The number of fused-ring (bicyclic) bond motifs is 1. The second-order valence-electron chi connectivity index (χ2n) is 5.51. The highest BCUT2D eigenvalue weighted by molar-refractivity contribution is 5.78. The molecule has 0 bridgehead atoms. The number of benzene rings is 1. The van der Waals surface area contributed by atoms with Gasteiger partial charge in [0.15, 0.2) is 0 Å². The lowest BCUT2D eigenvalue weighted by Crippen LogP contribution is -2.32. The SMILES string of the molecule is CC(CNC(C)C)Cn1c(=O)ccc2ccccc21. The van der Waals surface area contributed by atoms with Gasteiger partial charge in [0.2, 0.25) is 0 Å². The Balaban J connectivity index is 2.24. The first-order chi connectivity index (χ1) is 9.08. The molecule has 2 rings (SSSR count). The largest absolute Gasteiger partial charge is 0.314 e. The molecule has 0 amide bonds. The zero-order valence-electron chi connectivity index (χ0n) is 11.9. The Morgan fingerprint density at radius 2 is 1.84 bits per heavy atom. The molecule has 3 nitrogen and oxygen atoms in total. The van der Waals surface area contributed by atoms with E-state index in [1.807, 2.05) is 34.9 Å². The summed E-state index contributed by atoms with van der Waals surface area (Å²) in [4.78, 5) is 12.0. The zero-order chi connectivity index (χ0) is 13.8. The third kappa shape index (κ3) is 3.44. The number of nitrogens with zero attached hydrogens (tertiary/aromatic N) is 1. The van der Waals surface area contributed by atoms with Crippen molar-refractivity contribution in [1.29, 1.82) is 0 Å². The van der Waals surface area contributed by atoms with Gasteiger partial charge >= 0.3 is 0 Å².